The average Bonchev–Trinajstić information content (AvgIpc) is 2.58. The van der Waals surface area contributed by atoms with Crippen LogP contribution < -0.4 is 5.32 Å². The second-order valence-corrected chi connectivity index (χ2v) is 5.91. The molecule has 0 aromatic heterocycles. The Hall–Kier alpha value is -2.41. The summed E-state index contributed by atoms with van der Waals surface area (Å²) < 4.78 is 0. The first kappa shape index (κ1) is 18.9. The molecule has 0 amide bonds. The van der Waals surface area contributed by atoms with Crippen LogP contribution in [0.25, 0.3) is 0 Å². The minimum absolute atomic E-state index is 0.00709. The second-order valence-electron chi connectivity index (χ2n) is 5.91. The molecule has 2 aromatic rings. The lowest BCUT2D eigenvalue weighted by Crippen LogP contribution is -2.23. The highest BCUT2D eigenvalue weighted by molar-refractivity contribution is 5.70. The molecule has 5 N–H and O–H groups in total. The minimum Gasteiger partial charge on any atom is -0.508 e. The number of carboxylic acid groups (broad SMARTS) is 1. The van der Waals surface area contributed by atoms with E-state index in [1.54, 1.807) is 18.2 Å². The molecule has 0 radical (unpaired) electrons. The fourth-order valence-corrected chi connectivity index (χ4v) is 2.60. The number of phenols is 1. The first-order valence-corrected chi connectivity index (χ1v) is 8.10. The van der Waals surface area contributed by atoms with Crippen molar-refractivity contribution in [3.63, 3.8) is 0 Å². The Balaban J connectivity index is 1.81. The summed E-state index contributed by atoms with van der Waals surface area (Å²) in [6.07, 6.45) is -0.0182. The van der Waals surface area contributed by atoms with Crippen LogP contribution in [0.1, 0.15) is 28.4 Å². The molecule has 6 heteroatoms. The summed E-state index contributed by atoms with van der Waals surface area (Å²) in [5.41, 5.74) is 2.81. The van der Waals surface area contributed by atoms with E-state index in [4.69, 9.17) is 10.2 Å². The molecule has 0 aliphatic carbocycles. The van der Waals surface area contributed by atoms with Gasteiger partial charge in [-0.2, -0.15) is 0 Å². The summed E-state index contributed by atoms with van der Waals surface area (Å²) in [6, 6.07) is 12.1. The van der Waals surface area contributed by atoms with Crippen LogP contribution in [0.3, 0.4) is 0 Å². The van der Waals surface area contributed by atoms with E-state index in [0.29, 0.717) is 24.2 Å². The molecule has 6 nitrogen and oxygen atoms in total. The van der Waals surface area contributed by atoms with Crippen molar-refractivity contribution in [2.45, 2.75) is 25.6 Å². The number of nitrogens with one attached hydrogen (secondary N) is 1. The van der Waals surface area contributed by atoms with Crippen LogP contribution in [0, 0.1) is 0 Å². The number of hydrogen-bond donors (Lipinski definition) is 5. The predicted octanol–water partition coefficient (Wildman–Crippen LogP) is 1.38. The molecule has 0 aliphatic heterocycles. The lowest BCUT2D eigenvalue weighted by molar-refractivity contribution is -0.136. The molecule has 25 heavy (non-hydrogen) atoms. The topological polar surface area (TPSA) is 110 Å². The maximum Gasteiger partial charge on any atom is 0.307 e. The Morgan fingerprint density at radius 3 is 2.60 bits per heavy atom. The largest absolute Gasteiger partial charge is 0.508 e. The van der Waals surface area contributed by atoms with Crippen molar-refractivity contribution in [1.82, 2.24) is 5.32 Å². The molecule has 0 spiro atoms. The average molecular weight is 345 g/mol. The quantitative estimate of drug-likeness (QED) is 0.439. The van der Waals surface area contributed by atoms with E-state index >= 15 is 0 Å². The van der Waals surface area contributed by atoms with Crippen LogP contribution >= 0.6 is 0 Å². The van der Waals surface area contributed by atoms with Crippen LogP contribution in [-0.2, 0) is 24.2 Å². The number of aliphatic hydroxyl groups is 2. The highest BCUT2D eigenvalue weighted by atomic mass is 16.4. The molecule has 2 aromatic carbocycles. The maximum absolute atomic E-state index is 10.7. The van der Waals surface area contributed by atoms with Gasteiger partial charge >= 0.3 is 5.97 Å². The van der Waals surface area contributed by atoms with Crippen molar-refractivity contribution in [3.8, 4) is 5.75 Å². The van der Waals surface area contributed by atoms with E-state index in [-0.39, 0.29) is 18.8 Å². The summed E-state index contributed by atoms with van der Waals surface area (Å²) in [5.74, 6) is -0.845. The van der Waals surface area contributed by atoms with E-state index < -0.39 is 12.1 Å². The Bertz CT molecular complexity index is 717. The molecule has 2 rings (SSSR count). The van der Waals surface area contributed by atoms with Crippen LogP contribution in [0.2, 0.25) is 0 Å². The van der Waals surface area contributed by atoms with Gasteiger partial charge in [-0.1, -0.05) is 30.3 Å². The number of hydrogen-bond acceptors (Lipinski definition) is 5. The third-order valence-corrected chi connectivity index (χ3v) is 3.93. The molecule has 1 atom stereocenters. The van der Waals surface area contributed by atoms with E-state index in [0.717, 1.165) is 17.5 Å². The number of rotatable bonds is 9. The lowest BCUT2D eigenvalue weighted by Gasteiger charge is -2.14. The molecule has 0 saturated heterocycles. The van der Waals surface area contributed by atoms with Gasteiger partial charge in [0.2, 0.25) is 0 Å². The molecule has 0 bridgehead atoms. The first-order valence-electron chi connectivity index (χ1n) is 8.10. The Labute approximate surface area is 146 Å². The van der Waals surface area contributed by atoms with Gasteiger partial charge in [0.1, 0.15) is 5.75 Å². The highest BCUT2D eigenvalue weighted by Gasteiger charge is 2.10. The number of carboxylic acids is 1. The van der Waals surface area contributed by atoms with Crippen molar-refractivity contribution < 1.29 is 25.2 Å². The van der Waals surface area contributed by atoms with Gasteiger partial charge in [0.15, 0.2) is 0 Å². The zero-order valence-electron chi connectivity index (χ0n) is 13.9. The Kier molecular flexibility index (Phi) is 6.94. The highest BCUT2D eigenvalue weighted by Crippen LogP contribution is 2.22. The van der Waals surface area contributed by atoms with E-state index in [9.17, 15) is 15.0 Å². The number of aliphatic carboxylic acids is 1. The monoisotopic (exact) mass is 345 g/mol. The van der Waals surface area contributed by atoms with E-state index in [2.05, 4.69) is 5.32 Å². The third-order valence-electron chi connectivity index (χ3n) is 3.93. The number of carbonyl (C=O) groups is 1. The van der Waals surface area contributed by atoms with Gasteiger partial charge < -0.3 is 25.7 Å². The Morgan fingerprint density at radius 2 is 1.88 bits per heavy atom. The number of aliphatic hydroxyl groups excluding tert-OH is 2. The van der Waals surface area contributed by atoms with Gasteiger partial charge in [-0.25, -0.2) is 0 Å². The SMILES string of the molecule is O=C(O)Cc1cccc(CCNC[C@@H](O)c2ccc(O)c(CO)c2)c1. The van der Waals surface area contributed by atoms with Gasteiger partial charge in [-0.15, -0.1) is 0 Å². The second kappa shape index (κ2) is 9.17. The molecule has 0 heterocycles. The molecule has 0 saturated carbocycles. The van der Waals surface area contributed by atoms with Gasteiger partial charge in [-0.3, -0.25) is 4.79 Å². The first-order chi connectivity index (χ1) is 12.0. The summed E-state index contributed by atoms with van der Waals surface area (Å²) in [5, 5.41) is 40.8. The fraction of sp³-hybridized carbons (Fsp3) is 0.316. The van der Waals surface area contributed by atoms with Crippen LogP contribution in [0.4, 0.5) is 0 Å². The standard InChI is InChI=1S/C19H23NO5/c21-12-16-10-15(4-5-17(16)22)18(23)11-20-7-6-13-2-1-3-14(8-13)9-19(24)25/h1-5,8,10,18,20-23H,6-7,9,11-12H2,(H,24,25)/t18-/m1/s1. The van der Waals surface area contributed by atoms with Crippen molar-refractivity contribution in [2.24, 2.45) is 0 Å². The lowest BCUT2D eigenvalue weighted by atomic mass is 10.0. The van der Waals surface area contributed by atoms with E-state index in [1.165, 1.54) is 6.07 Å². The van der Waals surface area contributed by atoms with Crippen molar-refractivity contribution >= 4 is 5.97 Å². The number of aromatic hydroxyl groups is 1. The summed E-state index contributed by atoms with van der Waals surface area (Å²) >= 11 is 0. The molecular formula is C19H23NO5. The summed E-state index contributed by atoms with van der Waals surface area (Å²) in [6.45, 7) is 0.690. The van der Waals surface area contributed by atoms with Crippen LogP contribution in [-0.4, -0.2) is 39.5 Å². The van der Waals surface area contributed by atoms with Crippen molar-refractivity contribution in [3.05, 3.63) is 64.7 Å². The van der Waals surface area contributed by atoms with Crippen molar-refractivity contribution in [2.75, 3.05) is 13.1 Å². The third kappa shape index (κ3) is 5.86. The zero-order chi connectivity index (χ0) is 18.2. The maximum atomic E-state index is 10.7. The van der Waals surface area contributed by atoms with E-state index in [1.807, 2.05) is 18.2 Å². The van der Waals surface area contributed by atoms with Gasteiger partial charge in [0.05, 0.1) is 19.1 Å². The zero-order valence-corrected chi connectivity index (χ0v) is 13.9. The van der Waals surface area contributed by atoms with Crippen LogP contribution in [0.15, 0.2) is 42.5 Å². The molecular weight excluding hydrogens is 322 g/mol. The van der Waals surface area contributed by atoms with Gasteiger partial charge in [-0.05, 0) is 41.8 Å². The smallest absolute Gasteiger partial charge is 0.307 e. The molecule has 0 unspecified atom stereocenters. The van der Waals surface area contributed by atoms with Gasteiger partial charge in [0.25, 0.3) is 0 Å². The molecule has 134 valence electrons. The fourth-order valence-electron chi connectivity index (χ4n) is 2.60. The molecule has 0 fully saturated rings. The normalized spacial score (nSPS) is 12.1. The predicted molar refractivity (Wildman–Crippen MR) is 93.3 cm³/mol. The van der Waals surface area contributed by atoms with Crippen LogP contribution in [0.5, 0.6) is 5.75 Å². The summed E-state index contributed by atoms with van der Waals surface area (Å²) in [4.78, 5) is 10.7. The minimum atomic E-state index is -0.852. The number of benzene rings is 2. The van der Waals surface area contributed by atoms with Gasteiger partial charge in [0, 0.05) is 12.1 Å². The van der Waals surface area contributed by atoms with Crippen molar-refractivity contribution in [1.29, 1.82) is 0 Å². The Morgan fingerprint density at radius 1 is 1.12 bits per heavy atom. The summed E-state index contributed by atoms with van der Waals surface area (Å²) in [7, 11) is 0. The molecule has 0 aliphatic rings.